The number of nitrogen functional groups attached to an aromatic ring is 1. The molecule has 1 aromatic carbocycles. The number of nitrogens with one attached hydrogen (secondary N) is 1. The maximum Gasteiger partial charge on any atom is 0.338 e. The lowest BCUT2D eigenvalue weighted by molar-refractivity contribution is 0.0600. The number of ether oxygens (including phenoxy) is 1. The number of hydrogen-bond donors (Lipinski definition) is 2. The zero-order chi connectivity index (χ0) is 13.1. The number of anilines is 2. The molecule has 1 aliphatic carbocycles. The highest BCUT2D eigenvalue weighted by atomic mass is 16.5. The van der Waals surface area contributed by atoms with Gasteiger partial charge in [-0.1, -0.05) is 12.8 Å². The third-order valence-electron chi connectivity index (χ3n) is 3.52. The van der Waals surface area contributed by atoms with Crippen molar-refractivity contribution in [2.45, 2.75) is 38.6 Å². The van der Waals surface area contributed by atoms with Gasteiger partial charge in [0.1, 0.15) is 0 Å². The topological polar surface area (TPSA) is 64.3 Å². The largest absolute Gasteiger partial charge is 0.465 e. The fourth-order valence-corrected chi connectivity index (χ4v) is 2.47. The van der Waals surface area contributed by atoms with Gasteiger partial charge in [0.25, 0.3) is 0 Å². The molecular formula is C14H20N2O2. The van der Waals surface area contributed by atoms with Gasteiger partial charge in [-0.25, -0.2) is 4.79 Å². The zero-order valence-electron chi connectivity index (χ0n) is 11.0. The van der Waals surface area contributed by atoms with E-state index in [2.05, 4.69) is 5.32 Å². The minimum Gasteiger partial charge on any atom is -0.465 e. The number of carbonyl (C=O) groups is 1. The van der Waals surface area contributed by atoms with Crippen molar-refractivity contribution in [3.8, 4) is 0 Å². The summed E-state index contributed by atoms with van der Waals surface area (Å²) >= 11 is 0. The van der Waals surface area contributed by atoms with E-state index in [1.807, 2.05) is 13.0 Å². The van der Waals surface area contributed by atoms with Crippen molar-refractivity contribution in [2.24, 2.45) is 0 Å². The van der Waals surface area contributed by atoms with Crippen LogP contribution in [-0.2, 0) is 4.74 Å². The average molecular weight is 248 g/mol. The van der Waals surface area contributed by atoms with Crippen LogP contribution in [0.2, 0.25) is 0 Å². The van der Waals surface area contributed by atoms with Crippen molar-refractivity contribution in [3.63, 3.8) is 0 Å². The fraction of sp³-hybridized carbons (Fsp3) is 0.500. The lowest BCUT2D eigenvalue weighted by Crippen LogP contribution is -2.16. The molecule has 4 heteroatoms. The van der Waals surface area contributed by atoms with Gasteiger partial charge in [-0.3, -0.25) is 0 Å². The van der Waals surface area contributed by atoms with E-state index in [1.165, 1.54) is 32.8 Å². The Bertz CT molecular complexity index is 451. The molecule has 1 saturated carbocycles. The van der Waals surface area contributed by atoms with E-state index in [1.54, 1.807) is 6.07 Å². The van der Waals surface area contributed by atoms with Gasteiger partial charge in [-0.2, -0.15) is 0 Å². The van der Waals surface area contributed by atoms with E-state index in [-0.39, 0.29) is 5.97 Å². The Morgan fingerprint density at radius 3 is 2.67 bits per heavy atom. The van der Waals surface area contributed by atoms with E-state index in [4.69, 9.17) is 10.5 Å². The first-order chi connectivity index (χ1) is 8.61. The number of methoxy groups -OCH3 is 1. The van der Waals surface area contributed by atoms with Crippen molar-refractivity contribution >= 4 is 17.3 Å². The lowest BCUT2D eigenvalue weighted by atomic mass is 10.1. The summed E-state index contributed by atoms with van der Waals surface area (Å²) in [5.41, 5.74) is 8.94. The van der Waals surface area contributed by atoms with Gasteiger partial charge in [0.05, 0.1) is 24.0 Å². The van der Waals surface area contributed by atoms with E-state index >= 15 is 0 Å². The Morgan fingerprint density at radius 2 is 2.06 bits per heavy atom. The number of aryl methyl sites for hydroxylation is 1. The Balaban J connectivity index is 2.22. The van der Waals surface area contributed by atoms with Gasteiger partial charge in [-0.05, 0) is 37.5 Å². The van der Waals surface area contributed by atoms with E-state index in [0.717, 1.165) is 11.3 Å². The fourth-order valence-electron chi connectivity index (χ4n) is 2.47. The molecule has 1 aromatic rings. The van der Waals surface area contributed by atoms with E-state index < -0.39 is 0 Å². The Morgan fingerprint density at radius 1 is 1.39 bits per heavy atom. The molecule has 0 radical (unpaired) electrons. The second-order valence-electron chi connectivity index (χ2n) is 4.87. The molecule has 0 saturated heterocycles. The van der Waals surface area contributed by atoms with Crippen LogP contribution in [0.4, 0.5) is 11.4 Å². The van der Waals surface area contributed by atoms with Gasteiger partial charge in [0.15, 0.2) is 0 Å². The van der Waals surface area contributed by atoms with Gasteiger partial charge in [0.2, 0.25) is 0 Å². The highest BCUT2D eigenvalue weighted by Gasteiger charge is 2.17. The maximum atomic E-state index is 11.5. The summed E-state index contributed by atoms with van der Waals surface area (Å²) in [5, 5.41) is 3.46. The molecule has 2 rings (SSSR count). The molecular weight excluding hydrogens is 228 g/mol. The molecule has 0 atom stereocenters. The summed E-state index contributed by atoms with van der Waals surface area (Å²) in [6.45, 7) is 1.89. The molecule has 1 aliphatic rings. The summed E-state index contributed by atoms with van der Waals surface area (Å²) < 4.78 is 4.73. The number of rotatable bonds is 3. The highest BCUT2D eigenvalue weighted by molar-refractivity contribution is 5.93. The SMILES string of the molecule is COC(=O)c1cc(N)c(NC2CCCC2)cc1C. The van der Waals surface area contributed by atoms with E-state index in [9.17, 15) is 4.79 Å². The highest BCUT2D eigenvalue weighted by Crippen LogP contribution is 2.28. The first-order valence-electron chi connectivity index (χ1n) is 6.37. The minimum atomic E-state index is -0.341. The third-order valence-corrected chi connectivity index (χ3v) is 3.52. The molecule has 0 amide bonds. The monoisotopic (exact) mass is 248 g/mol. The Hall–Kier alpha value is -1.71. The molecule has 4 nitrogen and oxygen atoms in total. The first-order valence-corrected chi connectivity index (χ1v) is 6.37. The van der Waals surface area contributed by atoms with Crippen LogP contribution in [0.5, 0.6) is 0 Å². The average Bonchev–Trinajstić information content (AvgIpc) is 2.85. The van der Waals surface area contributed by atoms with Crippen molar-refractivity contribution in [1.82, 2.24) is 0 Å². The van der Waals surface area contributed by atoms with Gasteiger partial charge in [-0.15, -0.1) is 0 Å². The van der Waals surface area contributed by atoms with Crippen LogP contribution in [-0.4, -0.2) is 19.1 Å². The minimum absolute atomic E-state index is 0.341. The standard InChI is InChI=1S/C14H20N2O2/c1-9-7-13(16-10-5-3-4-6-10)12(15)8-11(9)14(17)18-2/h7-8,10,16H,3-6,15H2,1-2H3. The van der Waals surface area contributed by atoms with Crippen LogP contribution in [0.15, 0.2) is 12.1 Å². The van der Waals surface area contributed by atoms with E-state index in [0.29, 0.717) is 17.3 Å². The van der Waals surface area contributed by atoms with Crippen molar-refractivity contribution in [2.75, 3.05) is 18.2 Å². The molecule has 0 aromatic heterocycles. The molecule has 0 spiro atoms. The normalized spacial score (nSPS) is 15.7. The molecule has 18 heavy (non-hydrogen) atoms. The molecule has 1 fully saturated rings. The molecule has 0 unspecified atom stereocenters. The van der Waals surface area contributed by atoms with Crippen molar-refractivity contribution in [1.29, 1.82) is 0 Å². The Labute approximate surface area is 108 Å². The van der Waals surface area contributed by atoms with Crippen LogP contribution in [0.3, 0.4) is 0 Å². The van der Waals surface area contributed by atoms with Crippen LogP contribution in [0.1, 0.15) is 41.6 Å². The number of benzene rings is 1. The smallest absolute Gasteiger partial charge is 0.338 e. The molecule has 0 heterocycles. The lowest BCUT2D eigenvalue weighted by Gasteiger charge is -2.17. The maximum absolute atomic E-state index is 11.5. The molecule has 3 N–H and O–H groups in total. The number of esters is 1. The van der Waals surface area contributed by atoms with Crippen LogP contribution in [0.25, 0.3) is 0 Å². The zero-order valence-corrected chi connectivity index (χ0v) is 11.0. The van der Waals surface area contributed by atoms with Crippen molar-refractivity contribution < 1.29 is 9.53 Å². The predicted octanol–water partition coefficient (Wildman–Crippen LogP) is 2.72. The quantitative estimate of drug-likeness (QED) is 0.637. The number of hydrogen-bond acceptors (Lipinski definition) is 4. The summed E-state index contributed by atoms with van der Waals surface area (Å²) in [5.74, 6) is -0.341. The second kappa shape index (κ2) is 5.29. The summed E-state index contributed by atoms with van der Waals surface area (Å²) in [4.78, 5) is 11.5. The van der Waals surface area contributed by atoms with Gasteiger partial charge < -0.3 is 15.8 Å². The summed E-state index contributed by atoms with van der Waals surface area (Å²) in [7, 11) is 1.38. The van der Waals surface area contributed by atoms with Crippen molar-refractivity contribution in [3.05, 3.63) is 23.3 Å². The summed E-state index contributed by atoms with van der Waals surface area (Å²) in [6, 6.07) is 4.13. The Kier molecular flexibility index (Phi) is 3.75. The van der Waals surface area contributed by atoms with Crippen LogP contribution >= 0.6 is 0 Å². The molecule has 98 valence electrons. The predicted molar refractivity (Wildman–Crippen MR) is 72.8 cm³/mol. The summed E-state index contributed by atoms with van der Waals surface area (Å²) in [6.07, 6.45) is 4.93. The van der Waals surface area contributed by atoms with Gasteiger partial charge >= 0.3 is 5.97 Å². The number of carbonyl (C=O) groups excluding carboxylic acids is 1. The second-order valence-corrected chi connectivity index (χ2v) is 4.87. The number of nitrogens with two attached hydrogens (primary N) is 1. The molecule has 0 aliphatic heterocycles. The van der Waals surface area contributed by atoms with Gasteiger partial charge in [0, 0.05) is 6.04 Å². The van der Waals surface area contributed by atoms with Crippen LogP contribution < -0.4 is 11.1 Å². The third kappa shape index (κ3) is 2.58. The molecule has 0 bridgehead atoms. The van der Waals surface area contributed by atoms with Crippen LogP contribution in [0, 0.1) is 6.92 Å². The first kappa shape index (κ1) is 12.7.